The predicted octanol–water partition coefficient (Wildman–Crippen LogP) is 4.66. The van der Waals surface area contributed by atoms with Crippen LogP contribution in [0.15, 0.2) is 36.4 Å². The van der Waals surface area contributed by atoms with Gasteiger partial charge in [0.2, 0.25) is 0 Å². The van der Waals surface area contributed by atoms with Gasteiger partial charge in [0.25, 0.3) is 5.91 Å². The quantitative estimate of drug-likeness (QED) is 0.656. The fraction of sp³-hybridized carbons (Fsp3) is 0.381. The SMILES string of the molecule is COc1ccccc1CN(C)C(=O)c1cc(Cl)c(OCC(C)C)c(OC)c1. The molecule has 0 bridgehead atoms. The first-order valence-electron chi connectivity index (χ1n) is 8.75. The maximum Gasteiger partial charge on any atom is 0.254 e. The molecule has 6 heteroatoms. The van der Waals surface area contributed by atoms with Crippen molar-refractivity contribution in [2.24, 2.45) is 5.92 Å². The van der Waals surface area contributed by atoms with Gasteiger partial charge in [-0.3, -0.25) is 4.79 Å². The van der Waals surface area contributed by atoms with E-state index in [-0.39, 0.29) is 5.91 Å². The van der Waals surface area contributed by atoms with Crippen molar-refractivity contribution in [3.8, 4) is 17.2 Å². The molecule has 0 atom stereocenters. The van der Waals surface area contributed by atoms with Gasteiger partial charge in [-0.1, -0.05) is 43.6 Å². The molecular weight excluding hydrogens is 366 g/mol. The molecule has 0 aliphatic heterocycles. The summed E-state index contributed by atoms with van der Waals surface area (Å²) in [7, 11) is 4.88. The second-order valence-corrected chi connectivity index (χ2v) is 7.07. The van der Waals surface area contributed by atoms with E-state index in [1.807, 2.05) is 38.1 Å². The molecule has 0 saturated heterocycles. The summed E-state index contributed by atoms with van der Waals surface area (Å²) in [6.07, 6.45) is 0. The van der Waals surface area contributed by atoms with Gasteiger partial charge in [0.05, 0.1) is 25.8 Å². The smallest absolute Gasteiger partial charge is 0.254 e. The fourth-order valence-electron chi connectivity index (χ4n) is 2.61. The molecule has 5 nitrogen and oxygen atoms in total. The van der Waals surface area contributed by atoms with Crippen molar-refractivity contribution in [2.45, 2.75) is 20.4 Å². The first-order valence-corrected chi connectivity index (χ1v) is 9.12. The normalized spacial score (nSPS) is 10.6. The number of amides is 1. The molecule has 0 fully saturated rings. The first-order chi connectivity index (χ1) is 12.9. The van der Waals surface area contributed by atoms with Crippen molar-refractivity contribution in [1.82, 2.24) is 4.90 Å². The minimum atomic E-state index is -0.170. The van der Waals surface area contributed by atoms with E-state index in [0.717, 1.165) is 11.3 Å². The molecule has 2 aromatic rings. The van der Waals surface area contributed by atoms with Gasteiger partial charge in [-0.15, -0.1) is 0 Å². The summed E-state index contributed by atoms with van der Waals surface area (Å²) < 4.78 is 16.5. The Bertz CT molecular complexity index is 792. The van der Waals surface area contributed by atoms with E-state index in [9.17, 15) is 4.79 Å². The minimum absolute atomic E-state index is 0.170. The van der Waals surface area contributed by atoms with E-state index in [1.54, 1.807) is 31.2 Å². The highest BCUT2D eigenvalue weighted by Crippen LogP contribution is 2.37. The highest BCUT2D eigenvalue weighted by Gasteiger charge is 2.19. The van der Waals surface area contributed by atoms with Gasteiger partial charge in [0.15, 0.2) is 11.5 Å². The predicted molar refractivity (Wildman–Crippen MR) is 107 cm³/mol. The van der Waals surface area contributed by atoms with Crippen molar-refractivity contribution in [3.05, 3.63) is 52.5 Å². The summed E-state index contributed by atoms with van der Waals surface area (Å²) >= 11 is 6.36. The lowest BCUT2D eigenvalue weighted by Gasteiger charge is -2.20. The molecule has 0 aromatic heterocycles. The van der Waals surface area contributed by atoms with Crippen molar-refractivity contribution in [3.63, 3.8) is 0 Å². The third kappa shape index (κ3) is 5.30. The Kier molecular flexibility index (Phi) is 7.36. The second-order valence-electron chi connectivity index (χ2n) is 6.67. The lowest BCUT2D eigenvalue weighted by atomic mass is 10.1. The number of carbonyl (C=O) groups is 1. The van der Waals surface area contributed by atoms with Crippen LogP contribution in [-0.4, -0.2) is 38.7 Å². The zero-order chi connectivity index (χ0) is 20.0. The van der Waals surface area contributed by atoms with E-state index in [4.69, 9.17) is 25.8 Å². The topological polar surface area (TPSA) is 48.0 Å². The molecule has 2 aromatic carbocycles. The molecule has 0 heterocycles. The van der Waals surface area contributed by atoms with Crippen molar-refractivity contribution >= 4 is 17.5 Å². The van der Waals surface area contributed by atoms with Crippen LogP contribution in [-0.2, 0) is 6.54 Å². The van der Waals surface area contributed by atoms with Gasteiger partial charge in [-0.25, -0.2) is 0 Å². The Morgan fingerprint density at radius 2 is 1.78 bits per heavy atom. The van der Waals surface area contributed by atoms with Crippen LogP contribution in [0.1, 0.15) is 29.8 Å². The summed E-state index contributed by atoms with van der Waals surface area (Å²) in [4.78, 5) is 14.5. The van der Waals surface area contributed by atoms with Crippen LogP contribution in [0.2, 0.25) is 5.02 Å². The van der Waals surface area contributed by atoms with E-state index in [0.29, 0.717) is 41.2 Å². The fourth-order valence-corrected chi connectivity index (χ4v) is 2.88. The van der Waals surface area contributed by atoms with Crippen LogP contribution in [0, 0.1) is 5.92 Å². The van der Waals surface area contributed by atoms with E-state index in [1.165, 1.54) is 7.11 Å². The third-order valence-corrected chi connectivity index (χ3v) is 4.26. The van der Waals surface area contributed by atoms with Gasteiger partial charge in [0.1, 0.15) is 5.75 Å². The van der Waals surface area contributed by atoms with Crippen LogP contribution in [0.4, 0.5) is 0 Å². The number of ether oxygens (including phenoxy) is 3. The summed E-state index contributed by atoms with van der Waals surface area (Å²) in [5.74, 6) is 1.81. The Hall–Kier alpha value is -2.40. The van der Waals surface area contributed by atoms with Gasteiger partial charge in [-0.05, 0) is 24.1 Å². The number of benzene rings is 2. The molecule has 0 spiro atoms. The average molecular weight is 392 g/mol. The molecule has 2 rings (SSSR count). The molecule has 0 N–H and O–H groups in total. The first kappa shape index (κ1) is 20.9. The lowest BCUT2D eigenvalue weighted by molar-refractivity contribution is 0.0783. The number of methoxy groups -OCH3 is 2. The molecule has 1 amide bonds. The summed E-state index contributed by atoms with van der Waals surface area (Å²) in [5.41, 5.74) is 1.36. The molecule has 0 aliphatic carbocycles. The van der Waals surface area contributed by atoms with Crippen molar-refractivity contribution in [2.75, 3.05) is 27.9 Å². The van der Waals surface area contributed by atoms with E-state index in [2.05, 4.69) is 0 Å². The van der Waals surface area contributed by atoms with Crippen LogP contribution in [0.25, 0.3) is 0 Å². The highest BCUT2D eigenvalue weighted by atomic mass is 35.5. The van der Waals surface area contributed by atoms with Crippen LogP contribution >= 0.6 is 11.6 Å². The number of carbonyl (C=O) groups excluding carboxylic acids is 1. The number of hydrogen-bond acceptors (Lipinski definition) is 4. The average Bonchev–Trinajstić information content (AvgIpc) is 2.65. The molecule has 0 aliphatic rings. The molecular formula is C21H26ClNO4. The summed E-state index contributed by atoms with van der Waals surface area (Å²) in [5, 5.41) is 0.351. The van der Waals surface area contributed by atoms with Crippen molar-refractivity contribution < 1.29 is 19.0 Å². The number of para-hydroxylation sites is 1. The Morgan fingerprint density at radius 1 is 1.11 bits per heavy atom. The minimum Gasteiger partial charge on any atom is -0.496 e. The largest absolute Gasteiger partial charge is 0.496 e. The zero-order valence-electron chi connectivity index (χ0n) is 16.4. The zero-order valence-corrected chi connectivity index (χ0v) is 17.2. The number of hydrogen-bond donors (Lipinski definition) is 0. The van der Waals surface area contributed by atoms with E-state index >= 15 is 0 Å². The van der Waals surface area contributed by atoms with Crippen LogP contribution < -0.4 is 14.2 Å². The number of halogens is 1. The molecule has 0 saturated carbocycles. The second kappa shape index (κ2) is 9.51. The maximum atomic E-state index is 12.9. The van der Waals surface area contributed by atoms with Crippen LogP contribution in [0.3, 0.4) is 0 Å². The van der Waals surface area contributed by atoms with Crippen molar-refractivity contribution in [1.29, 1.82) is 0 Å². The third-order valence-electron chi connectivity index (χ3n) is 3.98. The van der Waals surface area contributed by atoms with Gasteiger partial charge in [-0.2, -0.15) is 0 Å². The Morgan fingerprint density at radius 3 is 2.41 bits per heavy atom. The standard InChI is InChI=1S/C21H26ClNO4/c1-14(2)13-27-20-17(22)10-16(11-19(20)26-5)21(24)23(3)12-15-8-6-7-9-18(15)25-4/h6-11,14H,12-13H2,1-5H3. The van der Waals surface area contributed by atoms with E-state index < -0.39 is 0 Å². The monoisotopic (exact) mass is 391 g/mol. The molecule has 27 heavy (non-hydrogen) atoms. The molecule has 0 radical (unpaired) electrons. The van der Waals surface area contributed by atoms with Gasteiger partial charge >= 0.3 is 0 Å². The molecule has 0 unspecified atom stereocenters. The maximum absolute atomic E-state index is 12.9. The Labute approximate surface area is 165 Å². The highest BCUT2D eigenvalue weighted by molar-refractivity contribution is 6.32. The van der Waals surface area contributed by atoms with Crippen LogP contribution in [0.5, 0.6) is 17.2 Å². The van der Waals surface area contributed by atoms with Gasteiger partial charge in [0, 0.05) is 24.7 Å². The van der Waals surface area contributed by atoms with Gasteiger partial charge < -0.3 is 19.1 Å². The summed E-state index contributed by atoms with van der Waals surface area (Å²) in [6, 6.07) is 10.9. The number of rotatable bonds is 8. The summed E-state index contributed by atoms with van der Waals surface area (Å²) in [6.45, 7) is 5.02. The number of nitrogens with zero attached hydrogens (tertiary/aromatic N) is 1. The lowest BCUT2D eigenvalue weighted by Crippen LogP contribution is -2.26. The Balaban J connectivity index is 2.23. The molecule has 146 valence electrons.